The van der Waals surface area contributed by atoms with Crippen molar-refractivity contribution < 1.29 is 23.9 Å². The van der Waals surface area contributed by atoms with Crippen molar-refractivity contribution in [1.29, 1.82) is 0 Å². The normalized spacial score (nSPS) is 10.8. The van der Waals surface area contributed by atoms with Crippen LogP contribution in [0.2, 0.25) is 0 Å². The monoisotopic (exact) mass is 444 g/mol. The van der Waals surface area contributed by atoms with Crippen molar-refractivity contribution in [2.45, 2.75) is 27.7 Å². The number of nitrogens with one attached hydrogen (secondary N) is 4. The summed E-state index contributed by atoms with van der Waals surface area (Å²) in [6.45, 7) is 13.1. The maximum Gasteiger partial charge on any atom is 0.216 e. The molecule has 0 radical (unpaired) electrons. The lowest BCUT2D eigenvalue weighted by molar-refractivity contribution is -0.120. The van der Waals surface area contributed by atoms with Crippen LogP contribution >= 0.6 is 0 Å². The van der Waals surface area contributed by atoms with E-state index < -0.39 is 0 Å². The van der Waals surface area contributed by atoms with Crippen molar-refractivity contribution in [3.63, 3.8) is 0 Å². The molecule has 11 heteroatoms. The molecule has 180 valence electrons. The van der Waals surface area contributed by atoms with Gasteiger partial charge >= 0.3 is 0 Å². The van der Waals surface area contributed by atoms with Crippen LogP contribution in [0.15, 0.2) is 0 Å². The molecule has 0 spiro atoms. The molecule has 0 bridgehead atoms. The van der Waals surface area contributed by atoms with Gasteiger partial charge in [0, 0.05) is 93.1 Å². The molecule has 0 aliphatic rings. The van der Waals surface area contributed by atoms with Gasteiger partial charge in [-0.3, -0.25) is 29.0 Å². The van der Waals surface area contributed by atoms with Gasteiger partial charge in [0.25, 0.3) is 0 Å². The van der Waals surface area contributed by atoms with Crippen molar-refractivity contribution in [2.75, 3.05) is 78.7 Å². The molecule has 0 aliphatic carbocycles. The second-order valence-corrected chi connectivity index (χ2v) is 7.23. The van der Waals surface area contributed by atoms with E-state index >= 15 is 0 Å². The smallest absolute Gasteiger partial charge is 0.216 e. The lowest BCUT2D eigenvalue weighted by atomic mass is 10.4. The minimum atomic E-state index is -0.0725. The first-order valence-corrected chi connectivity index (χ1v) is 10.7. The Bertz CT molecular complexity index is 460. The first kappa shape index (κ1) is 28.8. The molecule has 0 rings (SSSR count). The second kappa shape index (κ2) is 18.5. The van der Waals surface area contributed by atoms with E-state index in [9.17, 15) is 19.2 Å². The van der Waals surface area contributed by atoms with Crippen LogP contribution in [-0.2, 0) is 23.9 Å². The number of nitrogens with zero attached hydrogens (tertiary/aromatic N) is 2. The van der Waals surface area contributed by atoms with Crippen molar-refractivity contribution >= 4 is 23.6 Å². The highest BCUT2D eigenvalue weighted by Crippen LogP contribution is 1.91. The molecule has 0 saturated carbocycles. The van der Waals surface area contributed by atoms with Gasteiger partial charge in [-0.15, -0.1) is 0 Å². The van der Waals surface area contributed by atoms with Crippen molar-refractivity contribution in [3.8, 4) is 0 Å². The molecular formula is C20H40N6O5. The van der Waals surface area contributed by atoms with Gasteiger partial charge in [-0.05, 0) is 0 Å². The lowest BCUT2D eigenvalue weighted by Crippen LogP contribution is -2.41. The van der Waals surface area contributed by atoms with Gasteiger partial charge in [0.05, 0.1) is 13.2 Å². The summed E-state index contributed by atoms with van der Waals surface area (Å²) in [6.07, 6.45) is 0. The molecule has 0 atom stereocenters. The summed E-state index contributed by atoms with van der Waals surface area (Å²) in [5.74, 6) is -0.290. The van der Waals surface area contributed by atoms with Crippen LogP contribution in [-0.4, -0.2) is 112 Å². The van der Waals surface area contributed by atoms with Crippen molar-refractivity contribution in [1.82, 2.24) is 31.1 Å². The van der Waals surface area contributed by atoms with Crippen LogP contribution in [0.25, 0.3) is 0 Å². The summed E-state index contributed by atoms with van der Waals surface area (Å²) in [5, 5.41) is 11.1. The minimum absolute atomic E-state index is 0.0725. The summed E-state index contributed by atoms with van der Waals surface area (Å²) in [5.41, 5.74) is 0. The number of hydrogen-bond donors (Lipinski definition) is 4. The Morgan fingerprint density at radius 2 is 0.774 bits per heavy atom. The van der Waals surface area contributed by atoms with E-state index in [1.165, 1.54) is 27.7 Å². The summed E-state index contributed by atoms with van der Waals surface area (Å²) in [6, 6.07) is 0. The molecule has 0 fully saturated rings. The number of carbonyl (C=O) groups excluding carboxylic acids is 4. The van der Waals surface area contributed by atoms with Crippen LogP contribution in [0.1, 0.15) is 27.7 Å². The molecule has 4 N–H and O–H groups in total. The molecule has 31 heavy (non-hydrogen) atoms. The molecular weight excluding hydrogens is 404 g/mol. The van der Waals surface area contributed by atoms with Gasteiger partial charge < -0.3 is 26.0 Å². The fourth-order valence-corrected chi connectivity index (χ4v) is 2.72. The molecule has 0 aromatic heterocycles. The fourth-order valence-electron chi connectivity index (χ4n) is 2.72. The van der Waals surface area contributed by atoms with Gasteiger partial charge in [-0.25, -0.2) is 0 Å². The SMILES string of the molecule is CC(=O)NCCN(CCNC(C)=O)CCOCCN(CCNC(C)=O)CCNC(C)=O. The minimum Gasteiger partial charge on any atom is -0.379 e. The zero-order valence-electron chi connectivity index (χ0n) is 19.4. The Kier molecular flexibility index (Phi) is 17.2. The number of amides is 4. The predicted octanol–water partition coefficient (Wildman–Crippen LogP) is -1.85. The van der Waals surface area contributed by atoms with Crippen LogP contribution in [0.4, 0.5) is 0 Å². The third kappa shape index (κ3) is 20.8. The number of hydrogen-bond acceptors (Lipinski definition) is 7. The van der Waals surface area contributed by atoms with E-state index in [1.807, 2.05) is 0 Å². The summed E-state index contributed by atoms with van der Waals surface area (Å²) < 4.78 is 5.77. The maximum absolute atomic E-state index is 11.1. The van der Waals surface area contributed by atoms with Gasteiger partial charge in [0.15, 0.2) is 0 Å². The van der Waals surface area contributed by atoms with E-state index in [4.69, 9.17) is 4.74 Å². The van der Waals surface area contributed by atoms with E-state index in [2.05, 4.69) is 31.1 Å². The van der Waals surface area contributed by atoms with Crippen LogP contribution in [0, 0.1) is 0 Å². The van der Waals surface area contributed by atoms with Crippen LogP contribution in [0.5, 0.6) is 0 Å². The topological polar surface area (TPSA) is 132 Å². The highest BCUT2D eigenvalue weighted by Gasteiger charge is 2.08. The molecule has 0 heterocycles. The average molecular weight is 445 g/mol. The van der Waals surface area contributed by atoms with Crippen molar-refractivity contribution in [2.24, 2.45) is 0 Å². The van der Waals surface area contributed by atoms with Gasteiger partial charge in [0.2, 0.25) is 23.6 Å². The third-order valence-electron chi connectivity index (χ3n) is 4.31. The molecule has 11 nitrogen and oxygen atoms in total. The zero-order valence-corrected chi connectivity index (χ0v) is 19.4. The Labute approximate surface area is 185 Å². The summed E-state index contributed by atoms with van der Waals surface area (Å²) in [4.78, 5) is 48.5. The van der Waals surface area contributed by atoms with Crippen LogP contribution in [0.3, 0.4) is 0 Å². The molecule has 4 amide bonds. The number of carbonyl (C=O) groups is 4. The molecule has 0 unspecified atom stereocenters. The van der Waals surface area contributed by atoms with Gasteiger partial charge in [-0.1, -0.05) is 0 Å². The quantitative estimate of drug-likeness (QED) is 0.183. The van der Waals surface area contributed by atoms with E-state index in [-0.39, 0.29) is 23.6 Å². The highest BCUT2D eigenvalue weighted by atomic mass is 16.5. The number of ether oxygens (including phenoxy) is 1. The van der Waals surface area contributed by atoms with E-state index in [0.29, 0.717) is 78.7 Å². The first-order valence-electron chi connectivity index (χ1n) is 10.7. The lowest BCUT2D eigenvalue weighted by Gasteiger charge is -2.24. The Morgan fingerprint density at radius 3 is 1.00 bits per heavy atom. The Morgan fingerprint density at radius 1 is 0.516 bits per heavy atom. The van der Waals surface area contributed by atoms with Gasteiger partial charge in [-0.2, -0.15) is 0 Å². The Hall–Kier alpha value is -2.24. The average Bonchev–Trinajstić information content (AvgIpc) is 2.65. The van der Waals surface area contributed by atoms with E-state index in [1.54, 1.807) is 0 Å². The molecule has 0 aromatic rings. The summed E-state index contributed by atoms with van der Waals surface area (Å²) >= 11 is 0. The second-order valence-electron chi connectivity index (χ2n) is 7.23. The molecule has 0 saturated heterocycles. The van der Waals surface area contributed by atoms with Crippen LogP contribution < -0.4 is 21.3 Å². The van der Waals surface area contributed by atoms with Crippen molar-refractivity contribution in [3.05, 3.63) is 0 Å². The van der Waals surface area contributed by atoms with Gasteiger partial charge in [0.1, 0.15) is 0 Å². The molecule has 0 aliphatic heterocycles. The molecule has 0 aromatic carbocycles. The highest BCUT2D eigenvalue weighted by molar-refractivity contribution is 5.73. The third-order valence-corrected chi connectivity index (χ3v) is 4.31. The summed E-state index contributed by atoms with van der Waals surface area (Å²) in [7, 11) is 0. The predicted molar refractivity (Wildman–Crippen MR) is 118 cm³/mol. The first-order chi connectivity index (χ1) is 14.7. The van der Waals surface area contributed by atoms with E-state index in [0.717, 1.165) is 0 Å². The number of rotatable bonds is 18. The Balaban J connectivity index is 4.27. The standard InChI is InChI=1S/C20H40N6O5/c1-17(27)21-5-9-25(10-6-22-18(2)28)13-15-31-16-14-26(11-7-23-19(3)29)12-8-24-20(4)30/h5-16H2,1-4H3,(H,21,27)(H,22,28)(H,23,29)(H,24,30). The zero-order chi connectivity index (χ0) is 23.5. The maximum atomic E-state index is 11.1. The largest absolute Gasteiger partial charge is 0.379 e. The fraction of sp³-hybridized carbons (Fsp3) is 0.800.